The van der Waals surface area contributed by atoms with Crippen LogP contribution in [0.1, 0.15) is 42.6 Å². The number of likely N-dealkylation sites (tertiary alicyclic amines) is 1. The van der Waals surface area contributed by atoms with Gasteiger partial charge in [-0.1, -0.05) is 41.4 Å². The first-order valence-electron chi connectivity index (χ1n) is 15.3. The standard InChI is InChI=1S/C36H35Cl2N5O3/c1-23(2)39-36(45)41-26-11-15-29(16-12-26)46-34-31(37)19-27(20-32(34)38)40-35(44)24-9-13-28(14-10-24)43-22-25(21-42-17-5-6-18-42)30-7-3-4-8-33(30)43/h3-4,7-16,19-20,22-23H,5-6,17-18,21H2,1-2H3,(H,40,44)(H2,39,41,45). The minimum absolute atomic E-state index is 0.0226. The van der Waals surface area contributed by atoms with Crippen molar-refractivity contribution >= 4 is 57.4 Å². The summed E-state index contributed by atoms with van der Waals surface area (Å²) >= 11 is 13.0. The molecule has 8 nitrogen and oxygen atoms in total. The van der Waals surface area contributed by atoms with Crippen LogP contribution in [0.5, 0.6) is 11.5 Å². The number of amides is 3. The Kier molecular flexibility index (Phi) is 9.49. The number of nitrogens with zero attached hydrogens (tertiary/aromatic N) is 2. The Labute approximate surface area is 278 Å². The summed E-state index contributed by atoms with van der Waals surface area (Å²) in [6.07, 6.45) is 4.73. The van der Waals surface area contributed by atoms with Gasteiger partial charge in [0, 0.05) is 46.8 Å². The number of fused-ring (bicyclic) bond motifs is 1. The molecule has 236 valence electrons. The first-order valence-corrected chi connectivity index (χ1v) is 16.1. The molecule has 3 N–H and O–H groups in total. The van der Waals surface area contributed by atoms with Crippen molar-refractivity contribution < 1.29 is 14.3 Å². The molecule has 1 fully saturated rings. The molecule has 1 aliphatic heterocycles. The molecule has 4 aromatic carbocycles. The molecular formula is C36H35Cl2N5O3. The second-order valence-corrected chi connectivity index (χ2v) is 12.5. The van der Waals surface area contributed by atoms with Crippen LogP contribution in [0.3, 0.4) is 0 Å². The summed E-state index contributed by atoms with van der Waals surface area (Å²) in [5.41, 5.74) is 4.98. The van der Waals surface area contributed by atoms with Gasteiger partial charge in [0.2, 0.25) is 0 Å². The van der Waals surface area contributed by atoms with Crippen molar-refractivity contribution in [2.45, 2.75) is 39.3 Å². The van der Waals surface area contributed by atoms with Crippen LogP contribution in [0, 0.1) is 0 Å². The molecule has 0 bridgehead atoms. The number of hydrogen-bond acceptors (Lipinski definition) is 4. The summed E-state index contributed by atoms with van der Waals surface area (Å²) < 4.78 is 8.11. The van der Waals surface area contributed by atoms with E-state index >= 15 is 0 Å². The number of carbonyl (C=O) groups is 2. The lowest BCUT2D eigenvalue weighted by Crippen LogP contribution is -2.34. The molecule has 10 heteroatoms. The molecule has 0 spiro atoms. The van der Waals surface area contributed by atoms with Gasteiger partial charge in [0.15, 0.2) is 5.75 Å². The number of aromatic nitrogens is 1. The second kappa shape index (κ2) is 13.9. The molecule has 0 atom stereocenters. The zero-order valence-corrected chi connectivity index (χ0v) is 27.2. The highest BCUT2D eigenvalue weighted by Gasteiger charge is 2.17. The van der Waals surface area contributed by atoms with E-state index in [4.69, 9.17) is 27.9 Å². The highest BCUT2D eigenvalue weighted by atomic mass is 35.5. The lowest BCUT2D eigenvalue weighted by molar-refractivity contribution is 0.102. The monoisotopic (exact) mass is 655 g/mol. The highest BCUT2D eigenvalue weighted by Crippen LogP contribution is 2.39. The van der Waals surface area contributed by atoms with E-state index in [9.17, 15) is 9.59 Å². The summed E-state index contributed by atoms with van der Waals surface area (Å²) in [5.74, 6) is 0.449. The fourth-order valence-corrected chi connectivity index (χ4v) is 6.20. The van der Waals surface area contributed by atoms with E-state index in [0.29, 0.717) is 22.7 Å². The summed E-state index contributed by atoms with van der Waals surface area (Å²) in [6, 6.07) is 25.7. The maximum atomic E-state index is 13.2. The summed E-state index contributed by atoms with van der Waals surface area (Å²) in [7, 11) is 0. The van der Waals surface area contributed by atoms with Crippen LogP contribution >= 0.6 is 23.2 Å². The fraction of sp³-hybridized carbons (Fsp3) is 0.222. The molecule has 6 rings (SSSR count). The van der Waals surface area contributed by atoms with E-state index in [1.165, 1.54) is 23.8 Å². The number of hydrogen-bond donors (Lipinski definition) is 3. The van der Waals surface area contributed by atoms with Gasteiger partial charge in [0.1, 0.15) is 5.75 Å². The number of para-hydroxylation sites is 1. The van der Waals surface area contributed by atoms with E-state index in [-0.39, 0.29) is 33.8 Å². The van der Waals surface area contributed by atoms with Crippen molar-refractivity contribution in [2.75, 3.05) is 23.7 Å². The molecule has 0 radical (unpaired) electrons. The van der Waals surface area contributed by atoms with Crippen molar-refractivity contribution in [3.63, 3.8) is 0 Å². The van der Waals surface area contributed by atoms with Crippen molar-refractivity contribution in [1.82, 2.24) is 14.8 Å². The third-order valence-corrected chi connectivity index (χ3v) is 8.36. The molecule has 0 unspecified atom stereocenters. The molecular weight excluding hydrogens is 621 g/mol. The first kappa shape index (κ1) is 31.5. The molecule has 5 aromatic rings. The number of ether oxygens (including phenoxy) is 1. The number of benzene rings is 4. The minimum atomic E-state index is -0.292. The molecule has 0 aliphatic carbocycles. The van der Waals surface area contributed by atoms with Crippen molar-refractivity contribution in [3.05, 3.63) is 112 Å². The number of anilines is 2. The van der Waals surface area contributed by atoms with Crippen LogP contribution in [0.15, 0.2) is 91.1 Å². The molecule has 0 saturated carbocycles. The Hall–Kier alpha value is -4.50. The van der Waals surface area contributed by atoms with Gasteiger partial charge in [0.25, 0.3) is 5.91 Å². The minimum Gasteiger partial charge on any atom is -0.454 e. The molecule has 1 aliphatic rings. The second-order valence-electron chi connectivity index (χ2n) is 11.7. The lowest BCUT2D eigenvalue weighted by Gasteiger charge is -2.14. The average molecular weight is 657 g/mol. The van der Waals surface area contributed by atoms with Gasteiger partial charge in [-0.2, -0.15) is 0 Å². The van der Waals surface area contributed by atoms with Gasteiger partial charge >= 0.3 is 6.03 Å². The normalized spacial score (nSPS) is 13.2. The Bertz CT molecular complexity index is 1840. The van der Waals surface area contributed by atoms with Crippen LogP contribution in [0.25, 0.3) is 16.6 Å². The topological polar surface area (TPSA) is 87.6 Å². The zero-order valence-electron chi connectivity index (χ0n) is 25.6. The Balaban J connectivity index is 1.12. The van der Waals surface area contributed by atoms with Crippen LogP contribution in [-0.2, 0) is 6.54 Å². The van der Waals surface area contributed by atoms with Crippen LogP contribution < -0.4 is 20.7 Å². The zero-order chi connectivity index (χ0) is 32.2. The van der Waals surface area contributed by atoms with Crippen LogP contribution in [0.2, 0.25) is 10.0 Å². The summed E-state index contributed by atoms with van der Waals surface area (Å²) in [4.78, 5) is 27.6. The molecule has 2 heterocycles. The maximum Gasteiger partial charge on any atom is 0.319 e. The first-order chi connectivity index (χ1) is 22.2. The van der Waals surface area contributed by atoms with Crippen molar-refractivity contribution in [2.24, 2.45) is 0 Å². The van der Waals surface area contributed by atoms with Gasteiger partial charge in [-0.05, 0) is 112 Å². The number of urea groups is 1. The highest BCUT2D eigenvalue weighted by molar-refractivity contribution is 6.37. The summed E-state index contributed by atoms with van der Waals surface area (Å²) in [5, 5.41) is 10.1. The number of rotatable bonds is 9. The third-order valence-electron chi connectivity index (χ3n) is 7.80. The largest absolute Gasteiger partial charge is 0.454 e. The van der Waals surface area contributed by atoms with Crippen molar-refractivity contribution in [3.8, 4) is 17.2 Å². The molecule has 1 aromatic heterocycles. The van der Waals surface area contributed by atoms with Gasteiger partial charge < -0.3 is 25.3 Å². The predicted molar refractivity (Wildman–Crippen MR) is 186 cm³/mol. The van der Waals surface area contributed by atoms with Gasteiger partial charge in [0.05, 0.1) is 15.6 Å². The van der Waals surface area contributed by atoms with Crippen LogP contribution in [0.4, 0.5) is 16.2 Å². The van der Waals surface area contributed by atoms with E-state index in [0.717, 1.165) is 30.8 Å². The van der Waals surface area contributed by atoms with Crippen LogP contribution in [-0.4, -0.2) is 40.5 Å². The Morgan fingerprint density at radius 3 is 2.20 bits per heavy atom. The number of carbonyl (C=O) groups excluding carboxylic acids is 2. The Morgan fingerprint density at radius 1 is 0.848 bits per heavy atom. The molecule has 3 amide bonds. The van der Waals surface area contributed by atoms with E-state index in [1.54, 1.807) is 36.4 Å². The lowest BCUT2D eigenvalue weighted by atomic mass is 10.1. The third kappa shape index (κ3) is 7.31. The van der Waals surface area contributed by atoms with Gasteiger partial charge in [-0.3, -0.25) is 9.69 Å². The summed E-state index contributed by atoms with van der Waals surface area (Å²) in [6.45, 7) is 6.99. The fourth-order valence-electron chi connectivity index (χ4n) is 5.63. The molecule has 1 saturated heterocycles. The van der Waals surface area contributed by atoms with E-state index in [2.05, 4.69) is 55.9 Å². The van der Waals surface area contributed by atoms with Gasteiger partial charge in [-0.15, -0.1) is 0 Å². The molecule has 46 heavy (non-hydrogen) atoms. The SMILES string of the molecule is CC(C)NC(=O)Nc1ccc(Oc2c(Cl)cc(NC(=O)c3ccc(-n4cc(CN5CCCC5)c5ccccc54)cc3)cc2Cl)cc1. The van der Waals surface area contributed by atoms with E-state index in [1.807, 2.05) is 38.1 Å². The number of nitrogens with one attached hydrogen (secondary N) is 3. The predicted octanol–water partition coefficient (Wildman–Crippen LogP) is 9.11. The van der Waals surface area contributed by atoms with Crippen molar-refractivity contribution in [1.29, 1.82) is 0 Å². The average Bonchev–Trinajstić information content (AvgIpc) is 3.68. The smallest absolute Gasteiger partial charge is 0.319 e. The van der Waals surface area contributed by atoms with E-state index < -0.39 is 0 Å². The van der Waals surface area contributed by atoms with Gasteiger partial charge in [-0.25, -0.2) is 4.79 Å². The quantitative estimate of drug-likeness (QED) is 0.148. The Morgan fingerprint density at radius 2 is 1.52 bits per heavy atom. The maximum absolute atomic E-state index is 13.2. The number of halogens is 2.